The average molecular weight is 941 g/mol. The van der Waals surface area contributed by atoms with Crippen molar-refractivity contribution in [2.75, 3.05) is 37.4 Å². The molecule has 1 aliphatic heterocycles. The fraction of sp³-hybridized carbons (Fsp3) is 0.378. The third-order valence-corrected chi connectivity index (χ3v) is 17.3. The molecule has 314 valence electrons. The molecule has 0 saturated carbocycles. The fourth-order valence-corrected chi connectivity index (χ4v) is 13.9. The smallest absolute Gasteiger partial charge is 0.413 e. The van der Waals surface area contributed by atoms with Gasteiger partial charge >= 0.3 is 12.2 Å². The SMILES string of the molecule is CCCC(CCO[Si](c1ccccc1)(c1ccccc1)C(C)(C)C)Nc1nc(NC(=O)OC)nc2c(I)nn(Cc3ccc(C4CCN(C(=O)O)CC4)c4cccnc34)c12. The summed E-state index contributed by atoms with van der Waals surface area (Å²) in [7, 11) is -1.46. The molecule has 1 fully saturated rings. The Kier molecular flexibility index (Phi) is 13.4. The molecule has 60 heavy (non-hydrogen) atoms. The van der Waals surface area contributed by atoms with Gasteiger partial charge in [0.2, 0.25) is 5.95 Å². The van der Waals surface area contributed by atoms with Gasteiger partial charge in [0.05, 0.1) is 19.2 Å². The van der Waals surface area contributed by atoms with E-state index in [1.54, 1.807) is 6.20 Å². The van der Waals surface area contributed by atoms with Crippen LogP contribution >= 0.6 is 22.6 Å². The fourth-order valence-electron chi connectivity index (χ4n) is 8.69. The summed E-state index contributed by atoms with van der Waals surface area (Å²) >= 11 is 2.19. The molecule has 1 aliphatic rings. The Balaban J connectivity index is 1.22. The molecule has 0 spiro atoms. The summed E-state index contributed by atoms with van der Waals surface area (Å²) in [6.45, 7) is 11.0. The lowest BCUT2D eigenvalue weighted by Gasteiger charge is -2.43. The zero-order valence-electron chi connectivity index (χ0n) is 34.8. The first kappa shape index (κ1) is 43.0. The largest absolute Gasteiger partial charge is 0.465 e. The number of hydrogen-bond acceptors (Lipinski definition) is 9. The van der Waals surface area contributed by atoms with Crippen LogP contribution in [0.15, 0.2) is 91.1 Å². The molecule has 3 N–H and O–H groups in total. The Hall–Kier alpha value is -5.13. The van der Waals surface area contributed by atoms with E-state index in [0.717, 1.165) is 42.1 Å². The molecule has 1 atom stereocenters. The number of benzene rings is 3. The highest BCUT2D eigenvalue weighted by molar-refractivity contribution is 14.1. The highest BCUT2D eigenvalue weighted by Gasteiger charge is 2.50. The third kappa shape index (κ3) is 8.98. The van der Waals surface area contributed by atoms with Gasteiger partial charge in [0, 0.05) is 37.3 Å². The molecule has 2 amide bonds. The molecule has 15 heteroatoms. The van der Waals surface area contributed by atoms with E-state index in [4.69, 9.17) is 29.2 Å². The minimum Gasteiger partial charge on any atom is -0.465 e. The molecule has 1 saturated heterocycles. The second kappa shape index (κ2) is 18.6. The monoisotopic (exact) mass is 940 g/mol. The maximum Gasteiger partial charge on any atom is 0.413 e. The van der Waals surface area contributed by atoms with Crippen LogP contribution in [0.25, 0.3) is 21.9 Å². The number of ether oxygens (including phenoxy) is 1. The van der Waals surface area contributed by atoms with Crippen LogP contribution in [0.2, 0.25) is 5.04 Å². The first-order valence-electron chi connectivity index (χ1n) is 20.6. The van der Waals surface area contributed by atoms with Gasteiger partial charge in [-0.1, -0.05) is 113 Å². The Morgan fingerprint density at radius 3 is 2.23 bits per heavy atom. The minimum absolute atomic E-state index is 0.0346. The van der Waals surface area contributed by atoms with Crippen molar-refractivity contribution in [3.05, 3.63) is 106 Å². The molecule has 13 nitrogen and oxygen atoms in total. The van der Waals surface area contributed by atoms with Gasteiger partial charge in [-0.25, -0.2) is 14.6 Å². The summed E-state index contributed by atoms with van der Waals surface area (Å²) < 4.78 is 14.8. The number of carbonyl (C=O) groups excluding carboxylic acids is 1. The summed E-state index contributed by atoms with van der Waals surface area (Å²) in [5, 5.41) is 24.3. The molecule has 1 unspecified atom stereocenters. The van der Waals surface area contributed by atoms with Crippen LogP contribution in [0.4, 0.5) is 21.4 Å². The number of anilines is 2. The Morgan fingerprint density at radius 1 is 0.933 bits per heavy atom. The summed E-state index contributed by atoms with van der Waals surface area (Å²) in [6, 6.07) is 29.6. The Bertz CT molecular complexity index is 2400. The van der Waals surface area contributed by atoms with Crippen LogP contribution < -0.4 is 21.0 Å². The van der Waals surface area contributed by atoms with Crippen LogP contribution in [0.3, 0.4) is 0 Å². The van der Waals surface area contributed by atoms with Crippen LogP contribution in [0, 0.1) is 3.70 Å². The van der Waals surface area contributed by atoms with E-state index < -0.39 is 20.5 Å². The van der Waals surface area contributed by atoms with Crippen molar-refractivity contribution in [1.82, 2.24) is 29.6 Å². The molecule has 0 radical (unpaired) electrons. The Labute approximate surface area is 365 Å². The van der Waals surface area contributed by atoms with Crippen molar-refractivity contribution in [2.45, 2.75) is 83.3 Å². The number of nitrogens with zero attached hydrogens (tertiary/aromatic N) is 6. The zero-order chi connectivity index (χ0) is 42.4. The van der Waals surface area contributed by atoms with Gasteiger partial charge in [-0.05, 0) is 86.8 Å². The van der Waals surface area contributed by atoms with Crippen molar-refractivity contribution in [2.24, 2.45) is 0 Å². The van der Waals surface area contributed by atoms with Crippen LogP contribution in [0.5, 0.6) is 0 Å². The number of piperidine rings is 1. The average Bonchev–Trinajstić information content (AvgIpc) is 3.56. The van der Waals surface area contributed by atoms with Crippen molar-refractivity contribution >= 4 is 87.2 Å². The highest BCUT2D eigenvalue weighted by atomic mass is 127. The number of carboxylic acid groups (broad SMARTS) is 1. The van der Waals surface area contributed by atoms with Gasteiger partial charge in [0.15, 0.2) is 5.82 Å². The summed E-state index contributed by atoms with van der Waals surface area (Å²) in [4.78, 5) is 40.0. The molecule has 0 bridgehead atoms. The number of carbonyl (C=O) groups is 2. The summed E-state index contributed by atoms with van der Waals surface area (Å²) in [5.74, 6) is 0.886. The first-order chi connectivity index (χ1) is 28.9. The second-order valence-electron chi connectivity index (χ2n) is 16.3. The highest BCUT2D eigenvalue weighted by Crippen LogP contribution is 2.38. The number of pyridine rings is 1. The van der Waals surface area contributed by atoms with E-state index in [1.165, 1.54) is 27.9 Å². The lowest BCUT2D eigenvalue weighted by molar-refractivity contribution is 0.132. The van der Waals surface area contributed by atoms with E-state index >= 15 is 0 Å². The molecule has 3 aromatic carbocycles. The van der Waals surface area contributed by atoms with Crippen molar-refractivity contribution < 1.29 is 23.9 Å². The minimum atomic E-state index is -2.76. The van der Waals surface area contributed by atoms with E-state index in [9.17, 15) is 14.7 Å². The number of nitrogens with one attached hydrogen (secondary N) is 2. The van der Waals surface area contributed by atoms with Crippen LogP contribution in [-0.2, 0) is 15.7 Å². The van der Waals surface area contributed by atoms with Gasteiger partial charge in [-0.3, -0.25) is 15.0 Å². The van der Waals surface area contributed by atoms with Crippen LogP contribution in [0.1, 0.15) is 76.8 Å². The second-order valence-corrected chi connectivity index (χ2v) is 21.7. The van der Waals surface area contributed by atoms with Crippen molar-refractivity contribution in [3.8, 4) is 0 Å². The lowest BCUT2D eigenvalue weighted by Crippen LogP contribution is -2.66. The molecular weight excluding hydrogens is 888 g/mol. The van der Waals surface area contributed by atoms with Crippen molar-refractivity contribution in [1.29, 1.82) is 0 Å². The number of halogens is 1. The van der Waals surface area contributed by atoms with Gasteiger partial charge in [0.25, 0.3) is 8.32 Å². The van der Waals surface area contributed by atoms with Crippen LogP contribution in [-0.4, -0.2) is 88.1 Å². The van der Waals surface area contributed by atoms with Gasteiger partial charge in [-0.15, -0.1) is 0 Å². The maximum absolute atomic E-state index is 12.4. The van der Waals surface area contributed by atoms with E-state index in [1.807, 2.05) is 10.7 Å². The molecular formula is C45H53IN8O5Si. The predicted octanol–water partition coefficient (Wildman–Crippen LogP) is 8.61. The predicted molar refractivity (Wildman–Crippen MR) is 247 cm³/mol. The normalized spacial score (nSPS) is 14.3. The maximum atomic E-state index is 12.4. The number of aromatic nitrogens is 5. The van der Waals surface area contributed by atoms with Gasteiger partial charge in [0.1, 0.15) is 14.7 Å². The van der Waals surface area contributed by atoms with Gasteiger partial charge in [-0.2, -0.15) is 10.1 Å². The summed E-state index contributed by atoms with van der Waals surface area (Å²) in [6.07, 6.45) is 4.26. The lowest BCUT2D eigenvalue weighted by atomic mass is 9.86. The third-order valence-electron chi connectivity index (χ3n) is 11.5. The molecule has 3 aromatic heterocycles. The number of likely N-dealkylation sites (tertiary alicyclic amines) is 1. The standard InChI is InChI=1S/C45H53IN8O5Si/c1-6-14-32(24-28-59-60(45(2,3)4,33-15-9-7-10-16-33)34-17-11-8-12-18-34)48-41-39-38(49-42(50-41)51-43(55)58-5)40(46)52-54(39)29-31-20-21-35(36-19-13-25-47-37(31)36)30-22-26-53(27-23-30)44(56)57/h7-13,15-21,25,30,32H,6,14,22-24,26-29H2,1-5H3,(H,56,57)(H2,48,49,50,51,55). The van der Waals surface area contributed by atoms with Crippen molar-refractivity contribution in [3.63, 3.8) is 0 Å². The Morgan fingerprint density at radius 2 is 1.62 bits per heavy atom. The van der Waals surface area contributed by atoms with Gasteiger partial charge < -0.3 is 24.5 Å². The summed E-state index contributed by atoms with van der Waals surface area (Å²) in [5.41, 5.74) is 4.33. The molecule has 4 heterocycles. The number of fused-ring (bicyclic) bond motifs is 2. The number of methoxy groups -OCH3 is 1. The quantitative estimate of drug-likeness (QED) is 0.0714. The molecule has 6 aromatic rings. The first-order valence-corrected chi connectivity index (χ1v) is 23.6. The topological polar surface area (TPSA) is 157 Å². The number of amides is 2. The number of rotatable bonds is 14. The van der Waals surface area contributed by atoms with E-state index in [2.05, 4.69) is 140 Å². The zero-order valence-corrected chi connectivity index (χ0v) is 38.0. The number of hydrogen-bond donors (Lipinski definition) is 3. The van der Waals surface area contributed by atoms with E-state index in [0.29, 0.717) is 53.2 Å². The molecule has 7 rings (SSSR count). The molecule has 0 aliphatic carbocycles. The van der Waals surface area contributed by atoms with E-state index in [-0.39, 0.29) is 22.9 Å².